The van der Waals surface area contributed by atoms with Crippen LogP contribution in [0.3, 0.4) is 0 Å². The largest absolute Gasteiger partial charge is 0.457 e. The van der Waals surface area contributed by atoms with Gasteiger partial charge in [0.1, 0.15) is 23.1 Å². The number of carbonyl (C=O) groups excluding carboxylic acids is 1. The summed E-state index contributed by atoms with van der Waals surface area (Å²) >= 11 is 1.67. The number of hydrazine groups is 1. The molecule has 0 saturated heterocycles. The maximum absolute atomic E-state index is 13.1. The summed E-state index contributed by atoms with van der Waals surface area (Å²) in [7, 11) is 0. The normalized spacial score (nSPS) is 12.8. The van der Waals surface area contributed by atoms with Crippen LogP contribution < -0.4 is 20.5 Å². The van der Waals surface area contributed by atoms with E-state index in [1.54, 1.807) is 36.2 Å². The summed E-state index contributed by atoms with van der Waals surface area (Å²) in [5, 5.41) is 5.71. The molecule has 0 fully saturated rings. The van der Waals surface area contributed by atoms with E-state index in [-0.39, 0.29) is 11.7 Å². The van der Waals surface area contributed by atoms with Crippen molar-refractivity contribution in [2.24, 2.45) is 0 Å². The smallest absolute Gasteiger partial charge is 0.221 e. The Kier molecular flexibility index (Phi) is 6.37. The standard InChI is InChI=1S/C23H21FN4O2S/c1-16(29)26-19-9-11-25-22(14-19)28-12-10-23(27-28)31-15-17-3-2-4-21(13-17)30-20-7-5-18(24)6-8-20/h2-11,13-14,27H,12,15H2,1H3,(H,25,26,29). The Morgan fingerprint density at radius 1 is 1.19 bits per heavy atom. The third kappa shape index (κ3) is 5.76. The average molecular weight is 437 g/mol. The minimum absolute atomic E-state index is 0.119. The molecule has 0 radical (unpaired) electrons. The van der Waals surface area contributed by atoms with Gasteiger partial charge >= 0.3 is 0 Å². The SMILES string of the molecule is CC(=O)Nc1ccnc(N2CC=C(SCc3cccc(Oc4ccc(F)cc4)c3)N2)c1. The van der Waals surface area contributed by atoms with Gasteiger partial charge in [0.2, 0.25) is 5.91 Å². The second-order valence-corrected chi connectivity index (χ2v) is 7.88. The molecule has 8 heteroatoms. The van der Waals surface area contributed by atoms with Gasteiger partial charge in [-0.25, -0.2) is 9.37 Å². The Morgan fingerprint density at radius 3 is 2.84 bits per heavy atom. The molecule has 4 rings (SSSR count). The van der Waals surface area contributed by atoms with E-state index in [0.29, 0.717) is 23.7 Å². The maximum atomic E-state index is 13.1. The van der Waals surface area contributed by atoms with Crippen molar-refractivity contribution in [1.29, 1.82) is 0 Å². The van der Waals surface area contributed by atoms with Crippen LogP contribution in [0.4, 0.5) is 15.9 Å². The number of nitrogens with zero attached hydrogens (tertiary/aromatic N) is 2. The van der Waals surface area contributed by atoms with E-state index in [2.05, 4.69) is 21.8 Å². The van der Waals surface area contributed by atoms with Gasteiger partial charge in [-0.2, -0.15) is 0 Å². The number of ether oxygens (including phenoxy) is 1. The van der Waals surface area contributed by atoms with Gasteiger partial charge in [-0.3, -0.25) is 15.2 Å². The monoisotopic (exact) mass is 436 g/mol. The number of halogens is 1. The molecule has 1 aliphatic heterocycles. The van der Waals surface area contributed by atoms with Crippen LogP contribution in [0.5, 0.6) is 11.5 Å². The Morgan fingerprint density at radius 2 is 2.03 bits per heavy atom. The number of thioether (sulfide) groups is 1. The molecule has 158 valence electrons. The van der Waals surface area contributed by atoms with Gasteiger partial charge in [0.25, 0.3) is 0 Å². The zero-order valence-electron chi connectivity index (χ0n) is 16.8. The fraction of sp³-hybridized carbons (Fsp3) is 0.130. The van der Waals surface area contributed by atoms with Crippen molar-refractivity contribution in [3.8, 4) is 11.5 Å². The number of amides is 1. The summed E-state index contributed by atoms with van der Waals surface area (Å²) in [5.41, 5.74) is 5.15. The Labute approximate surface area is 184 Å². The predicted molar refractivity (Wildman–Crippen MR) is 121 cm³/mol. The number of carbonyl (C=O) groups is 1. The number of pyridine rings is 1. The molecule has 1 aromatic heterocycles. The van der Waals surface area contributed by atoms with E-state index in [1.807, 2.05) is 35.3 Å². The highest BCUT2D eigenvalue weighted by Gasteiger charge is 2.16. The molecule has 0 atom stereocenters. The lowest BCUT2D eigenvalue weighted by Crippen LogP contribution is -2.32. The van der Waals surface area contributed by atoms with Crippen LogP contribution >= 0.6 is 11.8 Å². The summed E-state index contributed by atoms with van der Waals surface area (Å²) in [5.74, 6) is 2.38. The zero-order chi connectivity index (χ0) is 21.6. The lowest BCUT2D eigenvalue weighted by molar-refractivity contribution is -0.114. The van der Waals surface area contributed by atoms with Crippen LogP contribution in [-0.4, -0.2) is 17.4 Å². The molecule has 0 bridgehead atoms. The molecule has 0 saturated carbocycles. The molecule has 6 nitrogen and oxygen atoms in total. The number of nitrogens with one attached hydrogen (secondary N) is 2. The quantitative estimate of drug-likeness (QED) is 0.539. The van der Waals surface area contributed by atoms with Gasteiger partial charge in [-0.05, 0) is 54.1 Å². The van der Waals surface area contributed by atoms with Crippen LogP contribution in [0.25, 0.3) is 0 Å². The van der Waals surface area contributed by atoms with Crippen LogP contribution in [0.2, 0.25) is 0 Å². The molecule has 2 aromatic carbocycles. The summed E-state index contributed by atoms with van der Waals surface area (Å²) in [4.78, 5) is 15.6. The zero-order valence-corrected chi connectivity index (χ0v) is 17.7. The Bertz CT molecular complexity index is 1100. The van der Waals surface area contributed by atoms with E-state index < -0.39 is 0 Å². The molecule has 31 heavy (non-hydrogen) atoms. The highest BCUT2D eigenvalue weighted by Crippen LogP contribution is 2.28. The van der Waals surface area contributed by atoms with E-state index >= 15 is 0 Å². The van der Waals surface area contributed by atoms with E-state index in [0.717, 1.165) is 22.2 Å². The van der Waals surface area contributed by atoms with Crippen molar-refractivity contribution in [3.63, 3.8) is 0 Å². The van der Waals surface area contributed by atoms with Crippen LogP contribution in [-0.2, 0) is 10.5 Å². The minimum Gasteiger partial charge on any atom is -0.457 e. The number of hydrogen-bond acceptors (Lipinski definition) is 6. The predicted octanol–water partition coefficient (Wildman–Crippen LogP) is 5.07. The average Bonchev–Trinajstić information content (AvgIpc) is 3.23. The lowest BCUT2D eigenvalue weighted by Gasteiger charge is -2.19. The number of rotatable bonds is 7. The number of benzene rings is 2. The summed E-state index contributed by atoms with van der Waals surface area (Å²) in [6.07, 6.45) is 3.76. The first kappa shape index (κ1) is 20.7. The maximum Gasteiger partial charge on any atom is 0.221 e. The van der Waals surface area contributed by atoms with Crippen molar-refractivity contribution in [3.05, 3.63) is 89.3 Å². The topological polar surface area (TPSA) is 66.5 Å². The van der Waals surface area contributed by atoms with Gasteiger partial charge in [0.15, 0.2) is 0 Å². The van der Waals surface area contributed by atoms with E-state index in [1.165, 1.54) is 19.1 Å². The Balaban J connectivity index is 1.32. The van der Waals surface area contributed by atoms with Crippen molar-refractivity contribution >= 4 is 29.2 Å². The third-order valence-electron chi connectivity index (χ3n) is 4.39. The highest BCUT2D eigenvalue weighted by atomic mass is 32.2. The van der Waals surface area contributed by atoms with Gasteiger partial charge in [-0.15, -0.1) is 11.8 Å². The third-order valence-corrected chi connectivity index (χ3v) is 5.44. The first-order valence-electron chi connectivity index (χ1n) is 9.68. The van der Waals surface area contributed by atoms with E-state index in [9.17, 15) is 9.18 Å². The minimum atomic E-state index is -0.291. The molecule has 2 heterocycles. The molecule has 2 N–H and O–H groups in total. The van der Waals surface area contributed by atoms with Crippen molar-refractivity contribution < 1.29 is 13.9 Å². The number of aromatic nitrogens is 1. The van der Waals surface area contributed by atoms with Gasteiger partial charge in [0, 0.05) is 30.6 Å². The molecular weight excluding hydrogens is 415 g/mol. The van der Waals surface area contributed by atoms with Gasteiger partial charge in [-0.1, -0.05) is 12.1 Å². The number of anilines is 2. The fourth-order valence-electron chi connectivity index (χ4n) is 2.99. The fourth-order valence-corrected chi connectivity index (χ4v) is 3.85. The van der Waals surface area contributed by atoms with Crippen molar-refractivity contribution in [2.75, 3.05) is 16.9 Å². The molecule has 0 spiro atoms. The van der Waals surface area contributed by atoms with Crippen LogP contribution in [0.1, 0.15) is 12.5 Å². The van der Waals surface area contributed by atoms with Crippen molar-refractivity contribution in [2.45, 2.75) is 12.7 Å². The molecule has 1 amide bonds. The molecule has 3 aromatic rings. The van der Waals surface area contributed by atoms with Crippen LogP contribution in [0.15, 0.2) is 78.0 Å². The van der Waals surface area contributed by atoms with Gasteiger partial charge < -0.3 is 10.1 Å². The second-order valence-electron chi connectivity index (χ2n) is 6.87. The summed E-state index contributed by atoms with van der Waals surface area (Å²) in [6, 6.07) is 17.4. The Hall–Kier alpha value is -3.52. The lowest BCUT2D eigenvalue weighted by atomic mass is 10.2. The summed E-state index contributed by atoms with van der Waals surface area (Å²) < 4.78 is 18.9. The molecule has 0 unspecified atom stereocenters. The molecule has 1 aliphatic rings. The van der Waals surface area contributed by atoms with Gasteiger partial charge in [0.05, 0.1) is 11.6 Å². The van der Waals surface area contributed by atoms with Crippen molar-refractivity contribution in [1.82, 2.24) is 10.4 Å². The first-order chi connectivity index (χ1) is 15.0. The highest BCUT2D eigenvalue weighted by molar-refractivity contribution is 8.02. The molecular formula is C23H21FN4O2S. The summed E-state index contributed by atoms with van der Waals surface area (Å²) in [6.45, 7) is 2.15. The molecule has 0 aliphatic carbocycles. The second kappa shape index (κ2) is 9.53. The number of hydrogen-bond donors (Lipinski definition) is 2. The van der Waals surface area contributed by atoms with E-state index in [4.69, 9.17) is 4.74 Å². The first-order valence-corrected chi connectivity index (χ1v) is 10.7. The van der Waals surface area contributed by atoms with Crippen LogP contribution in [0, 0.1) is 5.82 Å².